The summed E-state index contributed by atoms with van der Waals surface area (Å²) in [6.45, 7) is 2.63. The van der Waals surface area contributed by atoms with Gasteiger partial charge in [-0.25, -0.2) is 18.6 Å². The molecule has 1 aromatic heterocycles. The molecule has 2 amide bonds. The third-order valence-corrected chi connectivity index (χ3v) is 6.25. The van der Waals surface area contributed by atoms with Crippen LogP contribution in [0.3, 0.4) is 0 Å². The van der Waals surface area contributed by atoms with Crippen molar-refractivity contribution in [2.75, 3.05) is 6.61 Å². The number of nitrogens with one attached hydrogen (secondary N) is 1. The van der Waals surface area contributed by atoms with Crippen molar-refractivity contribution >= 4 is 12.0 Å². The highest BCUT2D eigenvalue weighted by molar-refractivity contribution is 5.94. The van der Waals surface area contributed by atoms with E-state index in [-0.39, 0.29) is 47.2 Å². The molecule has 3 N–H and O–H groups in total. The maximum Gasteiger partial charge on any atom is 0.405 e. The highest BCUT2D eigenvalue weighted by Gasteiger charge is 2.31. The summed E-state index contributed by atoms with van der Waals surface area (Å²) in [5.41, 5.74) is 4.99. The quantitative estimate of drug-likeness (QED) is 0.229. The fourth-order valence-electron chi connectivity index (χ4n) is 4.12. The zero-order valence-corrected chi connectivity index (χ0v) is 23.2. The second-order valence-corrected chi connectivity index (χ2v) is 11.1. The number of aromatic nitrogens is 1. The van der Waals surface area contributed by atoms with Gasteiger partial charge in [-0.2, -0.15) is 8.78 Å². The number of amides is 2. The maximum atomic E-state index is 14.2. The SMILES string of the molecule is CC(C)(C)C[C@H](OC(N)=O)c1oc(-c2ccc(OC(F)F)c(OCC3CC3)c2)nc1CNC(=O)c1ccc(F)cc1F. The molecule has 3 aromatic rings. The fourth-order valence-corrected chi connectivity index (χ4v) is 4.12. The predicted octanol–water partition coefficient (Wildman–Crippen LogP) is 6.51. The van der Waals surface area contributed by atoms with Gasteiger partial charge in [-0.3, -0.25) is 4.79 Å². The van der Waals surface area contributed by atoms with Crippen LogP contribution in [-0.2, 0) is 11.3 Å². The van der Waals surface area contributed by atoms with Crippen LogP contribution in [0.2, 0.25) is 0 Å². The van der Waals surface area contributed by atoms with Gasteiger partial charge in [0.1, 0.15) is 17.3 Å². The van der Waals surface area contributed by atoms with Crippen LogP contribution < -0.4 is 20.5 Å². The summed E-state index contributed by atoms with van der Waals surface area (Å²) < 4.78 is 75.2. The van der Waals surface area contributed by atoms with Crippen molar-refractivity contribution in [1.82, 2.24) is 10.3 Å². The molecular formula is C29H31F4N3O6. The minimum absolute atomic E-state index is 0.00550. The van der Waals surface area contributed by atoms with Crippen molar-refractivity contribution in [3.63, 3.8) is 0 Å². The molecule has 1 atom stereocenters. The molecule has 4 rings (SSSR count). The number of rotatable bonds is 12. The molecule has 0 bridgehead atoms. The number of halogens is 4. The molecule has 1 heterocycles. The first kappa shape index (κ1) is 30.7. The van der Waals surface area contributed by atoms with E-state index in [0.717, 1.165) is 25.0 Å². The molecule has 1 saturated carbocycles. The summed E-state index contributed by atoms with van der Waals surface area (Å²) >= 11 is 0. The summed E-state index contributed by atoms with van der Waals surface area (Å²) in [6.07, 6.45) is 0.0919. The predicted molar refractivity (Wildman–Crippen MR) is 142 cm³/mol. The molecule has 1 aliphatic carbocycles. The van der Waals surface area contributed by atoms with E-state index >= 15 is 0 Å². The number of alkyl halides is 2. The Labute approximate surface area is 239 Å². The van der Waals surface area contributed by atoms with Crippen molar-refractivity contribution in [2.45, 2.75) is 59.3 Å². The third kappa shape index (κ3) is 8.37. The molecule has 1 fully saturated rings. The molecule has 1 aliphatic rings. The Morgan fingerprint density at radius 3 is 2.48 bits per heavy atom. The van der Waals surface area contributed by atoms with Crippen molar-refractivity contribution in [1.29, 1.82) is 0 Å². The molecule has 2 aromatic carbocycles. The van der Waals surface area contributed by atoms with Crippen LogP contribution in [0.1, 0.15) is 67.9 Å². The van der Waals surface area contributed by atoms with Gasteiger partial charge in [-0.1, -0.05) is 20.8 Å². The number of benzene rings is 2. The number of hydrogen-bond acceptors (Lipinski definition) is 7. The number of carbonyl (C=O) groups is 2. The van der Waals surface area contributed by atoms with E-state index in [1.807, 2.05) is 20.8 Å². The topological polar surface area (TPSA) is 126 Å². The lowest BCUT2D eigenvalue weighted by Crippen LogP contribution is -2.26. The molecular weight excluding hydrogens is 562 g/mol. The lowest BCUT2D eigenvalue weighted by molar-refractivity contribution is -0.0515. The second kappa shape index (κ2) is 12.7. The van der Waals surface area contributed by atoms with Gasteiger partial charge in [-0.05, 0) is 60.9 Å². The van der Waals surface area contributed by atoms with Crippen molar-refractivity contribution < 1.29 is 45.8 Å². The van der Waals surface area contributed by atoms with Crippen LogP contribution in [0.25, 0.3) is 11.5 Å². The number of ether oxygens (including phenoxy) is 3. The van der Waals surface area contributed by atoms with Crippen LogP contribution in [-0.4, -0.2) is 30.2 Å². The van der Waals surface area contributed by atoms with Gasteiger partial charge in [0, 0.05) is 11.6 Å². The second-order valence-electron chi connectivity index (χ2n) is 11.1. The standard InChI is InChI=1S/C29H31F4N3O6/c1-29(2,3)12-23(41-28(34)38)24-20(13-35-25(37)18-8-7-17(30)11-19(18)31)36-26(42-24)16-6-9-21(40-27(32)33)22(10-16)39-14-15-4-5-15/h6-11,15,23,27H,4-5,12-14H2,1-3H3,(H2,34,38)(H,35,37)/t23-/m0/s1. The Bertz CT molecular complexity index is 1440. The number of oxazole rings is 1. The molecule has 0 aliphatic heterocycles. The minimum atomic E-state index is -3.07. The summed E-state index contributed by atoms with van der Waals surface area (Å²) in [4.78, 5) is 28.9. The number of nitrogens with two attached hydrogens (primary N) is 1. The summed E-state index contributed by atoms with van der Waals surface area (Å²) in [6, 6.07) is 6.68. The smallest absolute Gasteiger partial charge is 0.405 e. The Balaban J connectivity index is 1.70. The monoisotopic (exact) mass is 593 g/mol. The van der Waals surface area contributed by atoms with Crippen LogP contribution in [0.4, 0.5) is 22.4 Å². The zero-order valence-electron chi connectivity index (χ0n) is 23.2. The number of nitrogens with zero attached hydrogens (tertiary/aromatic N) is 1. The van der Waals surface area contributed by atoms with E-state index in [1.54, 1.807) is 0 Å². The van der Waals surface area contributed by atoms with Crippen LogP contribution in [0.5, 0.6) is 11.5 Å². The molecule has 0 spiro atoms. The van der Waals surface area contributed by atoms with Crippen LogP contribution in [0.15, 0.2) is 40.8 Å². The molecule has 0 radical (unpaired) electrons. The Kier molecular flexibility index (Phi) is 9.27. The van der Waals surface area contributed by atoms with Crippen molar-refractivity contribution in [3.8, 4) is 23.0 Å². The molecule has 226 valence electrons. The third-order valence-electron chi connectivity index (χ3n) is 6.25. The highest BCUT2D eigenvalue weighted by atomic mass is 19.3. The summed E-state index contributed by atoms with van der Waals surface area (Å²) in [7, 11) is 0. The molecule has 0 saturated heterocycles. The van der Waals surface area contributed by atoms with E-state index in [1.165, 1.54) is 18.2 Å². The number of carbonyl (C=O) groups excluding carboxylic acids is 2. The van der Waals surface area contributed by atoms with E-state index in [4.69, 9.17) is 19.6 Å². The van der Waals surface area contributed by atoms with E-state index in [0.29, 0.717) is 24.2 Å². The maximum absolute atomic E-state index is 14.2. The largest absolute Gasteiger partial charge is 0.489 e. The van der Waals surface area contributed by atoms with Gasteiger partial charge < -0.3 is 29.7 Å². The minimum Gasteiger partial charge on any atom is -0.489 e. The van der Waals surface area contributed by atoms with Gasteiger partial charge in [0.05, 0.1) is 18.7 Å². The van der Waals surface area contributed by atoms with Gasteiger partial charge in [0.25, 0.3) is 5.91 Å². The van der Waals surface area contributed by atoms with Crippen molar-refractivity contribution in [2.24, 2.45) is 17.1 Å². The van der Waals surface area contributed by atoms with E-state index in [2.05, 4.69) is 15.0 Å². The van der Waals surface area contributed by atoms with Gasteiger partial charge in [-0.15, -0.1) is 0 Å². The van der Waals surface area contributed by atoms with Gasteiger partial charge in [0.15, 0.2) is 23.4 Å². The first-order valence-electron chi connectivity index (χ1n) is 13.2. The highest BCUT2D eigenvalue weighted by Crippen LogP contribution is 2.39. The van der Waals surface area contributed by atoms with Crippen molar-refractivity contribution in [3.05, 3.63) is 65.1 Å². The molecule has 42 heavy (non-hydrogen) atoms. The number of hydrogen-bond donors (Lipinski definition) is 2. The average Bonchev–Trinajstić information content (AvgIpc) is 3.61. The van der Waals surface area contributed by atoms with Gasteiger partial charge >= 0.3 is 12.7 Å². The summed E-state index contributed by atoms with van der Waals surface area (Å²) in [5, 5.41) is 2.51. The molecule has 9 nitrogen and oxygen atoms in total. The first-order chi connectivity index (χ1) is 19.8. The zero-order chi connectivity index (χ0) is 30.6. The number of primary amides is 1. The lowest BCUT2D eigenvalue weighted by Gasteiger charge is -2.24. The fraction of sp³-hybridized carbons (Fsp3) is 0.414. The lowest BCUT2D eigenvalue weighted by atomic mass is 9.88. The molecule has 0 unspecified atom stereocenters. The Hall–Kier alpha value is -4.29. The Morgan fingerprint density at radius 1 is 1.12 bits per heavy atom. The Morgan fingerprint density at radius 2 is 1.86 bits per heavy atom. The van der Waals surface area contributed by atoms with E-state index < -0.39 is 41.9 Å². The van der Waals surface area contributed by atoms with Crippen LogP contribution in [0, 0.1) is 23.0 Å². The van der Waals surface area contributed by atoms with Gasteiger partial charge in [0.2, 0.25) is 5.89 Å². The first-order valence-corrected chi connectivity index (χ1v) is 13.2. The normalized spacial score (nSPS) is 14.0. The van der Waals surface area contributed by atoms with E-state index in [9.17, 15) is 27.2 Å². The summed E-state index contributed by atoms with van der Waals surface area (Å²) in [5.74, 6) is -2.48. The average molecular weight is 594 g/mol. The molecule has 13 heteroatoms. The van der Waals surface area contributed by atoms with Crippen LogP contribution >= 0.6 is 0 Å².